The van der Waals surface area contributed by atoms with Gasteiger partial charge in [0.1, 0.15) is 24.7 Å². The maximum absolute atomic E-state index is 12.8. The van der Waals surface area contributed by atoms with Crippen molar-refractivity contribution < 1.29 is 19.4 Å². The second-order valence-electron chi connectivity index (χ2n) is 7.46. The van der Waals surface area contributed by atoms with Gasteiger partial charge in [-0.3, -0.25) is 9.59 Å². The summed E-state index contributed by atoms with van der Waals surface area (Å²) in [6.45, 7) is 0.293. The van der Waals surface area contributed by atoms with E-state index in [1.807, 2.05) is 59.2 Å². The first-order valence-electron chi connectivity index (χ1n) is 9.69. The molecule has 1 aliphatic rings. The highest BCUT2D eigenvalue weighted by Gasteiger charge is 2.40. The van der Waals surface area contributed by atoms with Crippen molar-refractivity contribution in [3.8, 4) is 5.75 Å². The Bertz CT molecular complexity index is 1020. The SMILES string of the molecule is O=C(O)CC1(NC(=O)Cn2c(COc3ccccc3)nc3ccccc32)CCC1. The van der Waals surface area contributed by atoms with Gasteiger partial charge in [0, 0.05) is 0 Å². The van der Waals surface area contributed by atoms with Gasteiger partial charge in [0.15, 0.2) is 0 Å². The van der Waals surface area contributed by atoms with Crippen molar-refractivity contribution in [1.82, 2.24) is 14.9 Å². The minimum Gasteiger partial charge on any atom is -0.486 e. The van der Waals surface area contributed by atoms with Gasteiger partial charge < -0.3 is 19.7 Å². The maximum atomic E-state index is 12.8. The van der Waals surface area contributed by atoms with Crippen molar-refractivity contribution in [2.75, 3.05) is 0 Å². The Morgan fingerprint density at radius 1 is 1.10 bits per heavy atom. The third kappa shape index (κ3) is 4.23. The van der Waals surface area contributed by atoms with E-state index in [2.05, 4.69) is 10.3 Å². The van der Waals surface area contributed by atoms with E-state index in [0.29, 0.717) is 18.7 Å². The molecule has 2 aromatic carbocycles. The standard InChI is InChI=1S/C22H23N3O4/c26-20(24-22(11-6-12-22)13-21(27)28)14-25-18-10-5-4-9-17(18)23-19(25)15-29-16-7-2-1-3-8-16/h1-5,7-10H,6,11-15H2,(H,24,26)(H,27,28). The van der Waals surface area contributed by atoms with Gasteiger partial charge in [0.05, 0.1) is 23.0 Å². The minimum atomic E-state index is -0.893. The molecule has 4 rings (SSSR count). The van der Waals surface area contributed by atoms with E-state index in [1.54, 1.807) is 0 Å². The van der Waals surface area contributed by atoms with Crippen molar-refractivity contribution in [2.24, 2.45) is 0 Å². The van der Waals surface area contributed by atoms with Gasteiger partial charge in [-0.1, -0.05) is 30.3 Å². The molecule has 0 radical (unpaired) electrons. The van der Waals surface area contributed by atoms with Crippen LogP contribution in [0.5, 0.6) is 5.75 Å². The number of carbonyl (C=O) groups excluding carboxylic acids is 1. The van der Waals surface area contributed by atoms with Crippen LogP contribution in [0.15, 0.2) is 54.6 Å². The highest BCUT2D eigenvalue weighted by molar-refractivity contribution is 5.82. The molecule has 0 aliphatic heterocycles. The zero-order chi connectivity index (χ0) is 20.3. The average Bonchev–Trinajstić information content (AvgIpc) is 3.02. The number of para-hydroxylation sites is 3. The molecular formula is C22H23N3O4. The summed E-state index contributed by atoms with van der Waals surface area (Å²) < 4.78 is 7.67. The van der Waals surface area contributed by atoms with E-state index in [4.69, 9.17) is 9.84 Å². The average molecular weight is 393 g/mol. The van der Waals surface area contributed by atoms with Gasteiger partial charge in [-0.2, -0.15) is 0 Å². The lowest BCUT2D eigenvalue weighted by atomic mass is 9.74. The van der Waals surface area contributed by atoms with Gasteiger partial charge in [0.25, 0.3) is 0 Å². The summed E-state index contributed by atoms with van der Waals surface area (Å²) in [4.78, 5) is 28.6. The Labute approximate surface area is 168 Å². The number of aromatic nitrogens is 2. The van der Waals surface area contributed by atoms with Crippen molar-refractivity contribution in [1.29, 1.82) is 0 Å². The van der Waals surface area contributed by atoms with E-state index >= 15 is 0 Å². The van der Waals surface area contributed by atoms with E-state index in [0.717, 1.165) is 23.2 Å². The molecule has 0 bridgehead atoms. The van der Waals surface area contributed by atoms with E-state index in [1.165, 1.54) is 0 Å². The molecule has 7 heteroatoms. The molecule has 150 valence electrons. The third-order valence-corrected chi connectivity index (χ3v) is 5.35. The quantitative estimate of drug-likeness (QED) is 0.613. The lowest BCUT2D eigenvalue weighted by molar-refractivity contribution is -0.140. The number of carboxylic acid groups (broad SMARTS) is 1. The number of ether oxygens (including phenoxy) is 1. The molecule has 0 spiro atoms. The molecule has 1 saturated carbocycles. The van der Waals surface area contributed by atoms with Crippen LogP contribution in [0.4, 0.5) is 0 Å². The van der Waals surface area contributed by atoms with Crippen LogP contribution in [-0.2, 0) is 22.7 Å². The Morgan fingerprint density at radius 3 is 2.52 bits per heavy atom. The third-order valence-electron chi connectivity index (χ3n) is 5.35. The van der Waals surface area contributed by atoms with E-state index in [9.17, 15) is 9.59 Å². The summed E-state index contributed by atoms with van der Waals surface area (Å²) in [5.41, 5.74) is 1.01. The predicted octanol–water partition coefficient (Wildman–Crippen LogP) is 3.13. The predicted molar refractivity (Wildman–Crippen MR) is 107 cm³/mol. The van der Waals surface area contributed by atoms with Crippen LogP contribution in [0.2, 0.25) is 0 Å². The van der Waals surface area contributed by atoms with Crippen LogP contribution in [0.3, 0.4) is 0 Å². The van der Waals surface area contributed by atoms with Gasteiger partial charge in [-0.15, -0.1) is 0 Å². The van der Waals surface area contributed by atoms with Crippen molar-refractivity contribution >= 4 is 22.9 Å². The second-order valence-corrected chi connectivity index (χ2v) is 7.46. The summed E-state index contributed by atoms with van der Waals surface area (Å²) in [6, 6.07) is 17.1. The largest absolute Gasteiger partial charge is 0.486 e. The van der Waals surface area contributed by atoms with Gasteiger partial charge in [-0.05, 0) is 43.5 Å². The van der Waals surface area contributed by atoms with E-state index < -0.39 is 11.5 Å². The number of fused-ring (bicyclic) bond motifs is 1. The highest BCUT2D eigenvalue weighted by Crippen LogP contribution is 2.35. The summed E-state index contributed by atoms with van der Waals surface area (Å²) >= 11 is 0. The Hall–Kier alpha value is -3.35. The molecule has 0 atom stereocenters. The smallest absolute Gasteiger partial charge is 0.305 e. The highest BCUT2D eigenvalue weighted by atomic mass is 16.5. The fraction of sp³-hybridized carbons (Fsp3) is 0.318. The number of hydrogen-bond donors (Lipinski definition) is 2. The molecule has 1 fully saturated rings. The first-order chi connectivity index (χ1) is 14.0. The minimum absolute atomic E-state index is 0.0482. The number of imidazole rings is 1. The lowest BCUT2D eigenvalue weighted by Crippen LogP contribution is -2.55. The normalized spacial score (nSPS) is 14.9. The number of benzene rings is 2. The van der Waals surface area contributed by atoms with Crippen LogP contribution in [-0.4, -0.2) is 32.1 Å². The molecule has 0 saturated heterocycles. The first kappa shape index (κ1) is 19.0. The van der Waals surface area contributed by atoms with Crippen LogP contribution in [0.1, 0.15) is 31.5 Å². The van der Waals surface area contributed by atoms with Crippen LogP contribution in [0.25, 0.3) is 11.0 Å². The molecule has 29 heavy (non-hydrogen) atoms. The molecular weight excluding hydrogens is 370 g/mol. The number of rotatable bonds is 8. The molecule has 0 unspecified atom stereocenters. The van der Waals surface area contributed by atoms with Crippen molar-refractivity contribution in [3.63, 3.8) is 0 Å². The van der Waals surface area contributed by atoms with Gasteiger partial charge >= 0.3 is 5.97 Å². The number of hydrogen-bond acceptors (Lipinski definition) is 4. The molecule has 7 nitrogen and oxygen atoms in total. The number of amides is 1. The molecule has 1 aromatic heterocycles. The number of carboxylic acids is 1. The van der Waals surface area contributed by atoms with Crippen molar-refractivity contribution in [3.05, 3.63) is 60.4 Å². The zero-order valence-corrected chi connectivity index (χ0v) is 16.0. The second kappa shape index (κ2) is 7.95. The number of carbonyl (C=O) groups is 2. The van der Waals surface area contributed by atoms with Crippen molar-refractivity contribution in [2.45, 2.75) is 44.4 Å². The zero-order valence-electron chi connectivity index (χ0n) is 16.0. The summed E-state index contributed by atoms with van der Waals surface area (Å²) in [7, 11) is 0. The summed E-state index contributed by atoms with van der Waals surface area (Å²) in [6.07, 6.45) is 2.27. The molecule has 3 aromatic rings. The summed E-state index contributed by atoms with van der Waals surface area (Å²) in [5, 5.41) is 12.1. The molecule has 1 aliphatic carbocycles. The van der Waals surface area contributed by atoms with Gasteiger partial charge in [0.2, 0.25) is 5.91 Å². The molecule has 2 N–H and O–H groups in total. The van der Waals surface area contributed by atoms with E-state index in [-0.39, 0.29) is 25.5 Å². The van der Waals surface area contributed by atoms with Gasteiger partial charge in [-0.25, -0.2) is 4.98 Å². The van der Waals surface area contributed by atoms with Crippen LogP contribution in [0, 0.1) is 0 Å². The maximum Gasteiger partial charge on any atom is 0.305 e. The monoisotopic (exact) mass is 393 g/mol. The number of nitrogens with one attached hydrogen (secondary N) is 1. The molecule has 1 amide bonds. The fourth-order valence-electron chi connectivity index (χ4n) is 3.79. The number of nitrogens with zero attached hydrogens (tertiary/aromatic N) is 2. The Morgan fingerprint density at radius 2 is 1.83 bits per heavy atom. The Balaban J connectivity index is 1.53. The summed E-state index contributed by atoms with van der Waals surface area (Å²) in [5.74, 6) is 0.265. The Kier molecular flexibility index (Phi) is 5.20. The lowest BCUT2D eigenvalue weighted by Gasteiger charge is -2.41. The fourth-order valence-corrected chi connectivity index (χ4v) is 3.79. The van der Waals surface area contributed by atoms with Crippen LogP contribution < -0.4 is 10.1 Å². The molecule has 1 heterocycles. The van der Waals surface area contributed by atoms with Crippen LogP contribution >= 0.6 is 0 Å². The first-order valence-corrected chi connectivity index (χ1v) is 9.69. The topological polar surface area (TPSA) is 93.5 Å². The number of aliphatic carboxylic acids is 1.